The maximum atomic E-state index is 12.3. The average molecular weight is 316 g/mol. The van der Waals surface area contributed by atoms with Crippen LogP contribution in [-0.2, 0) is 10.0 Å². The molecule has 0 spiro atoms. The first kappa shape index (κ1) is 17.3. The van der Waals surface area contributed by atoms with Crippen molar-refractivity contribution >= 4 is 21.4 Å². The molecule has 118 valence electrons. The SMILES string of the molecule is CN(C)CCCN(C)S(=O)(=O)c1ccc([N+](=O)[O-])c(N)c1. The number of anilines is 1. The van der Waals surface area contributed by atoms with E-state index in [0.29, 0.717) is 13.0 Å². The Bertz CT molecular complexity index is 616. The topological polar surface area (TPSA) is 110 Å². The Balaban J connectivity index is 2.92. The standard InChI is InChI=1S/C12H20N4O4S/c1-14(2)7-4-8-15(3)21(19,20)10-5-6-12(16(17)18)11(13)9-10/h5-6,9H,4,7-8,13H2,1-3H3. The van der Waals surface area contributed by atoms with E-state index < -0.39 is 14.9 Å². The zero-order valence-corrected chi connectivity index (χ0v) is 13.1. The molecule has 1 rings (SSSR count). The number of sulfonamides is 1. The van der Waals surface area contributed by atoms with Gasteiger partial charge in [0.25, 0.3) is 5.69 Å². The number of nitrogens with zero attached hydrogens (tertiary/aromatic N) is 3. The first-order valence-corrected chi connectivity index (χ1v) is 7.75. The molecule has 9 heteroatoms. The third-order valence-corrected chi connectivity index (χ3v) is 4.84. The largest absolute Gasteiger partial charge is 0.393 e. The lowest BCUT2D eigenvalue weighted by Crippen LogP contribution is -2.30. The van der Waals surface area contributed by atoms with Gasteiger partial charge < -0.3 is 10.6 Å². The van der Waals surface area contributed by atoms with E-state index in [9.17, 15) is 18.5 Å². The lowest BCUT2D eigenvalue weighted by molar-refractivity contribution is -0.383. The van der Waals surface area contributed by atoms with E-state index in [4.69, 9.17) is 5.73 Å². The first-order valence-electron chi connectivity index (χ1n) is 6.31. The molecule has 0 radical (unpaired) electrons. The van der Waals surface area contributed by atoms with Crippen molar-refractivity contribution in [3.63, 3.8) is 0 Å². The molecule has 2 N–H and O–H groups in total. The van der Waals surface area contributed by atoms with Crippen molar-refractivity contribution in [2.24, 2.45) is 0 Å². The van der Waals surface area contributed by atoms with Crippen LogP contribution in [-0.4, -0.2) is 56.8 Å². The van der Waals surface area contributed by atoms with Gasteiger partial charge in [0.15, 0.2) is 0 Å². The number of hydrogen-bond donors (Lipinski definition) is 1. The summed E-state index contributed by atoms with van der Waals surface area (Å²) in [4.78, 5) is 12.0. The molecule has 1 aromatic carbocycles. The highest BCUT2D eigenvalue weighted by Gasteiger charge is 2.23. The highest BCUT2D eigenvalue weighted by atomic mass is 32.2. The number of nitro groups is 1. The molecule has 0 saturated carbocycles. The average Bonchev–Trinajstić information content (AvgIpc) is 2.37. The molecule has 0 atom stereocenters. The number of nitro benzene ring substituents is 1. The van der Waals surface area contributed by atoms with E-state index in [1.165, 1.54) is 17.4 Å². The molecule has 0 aliphatic heterocycles. The van der Waals surface area contributed by atoms with E-state index >= 15 is 0 Å². The Morgan fingerprint density at radius 2 is 1.86 bits per heavy atom. The summed E-state index contributed by atoms with van der Waals surface area (Å²) in [6, 6.07) is 3.43. The molecule has 0 amide bonds. The first-order chi connectivity index (χ1) is 9.66. The van der Waals surface area contributed by atoms with E-state index in [1.54, 1.807) is 0 Å². The van der Waals surface area contributed by atoms with E-state index in [0.717, 1.165) is 18.7 Å². The van der Waals surface area contributed by atoms with Gasteiger partial charge in [0, 0.05) is 19.7 Å². The second kappa shape index (κ2) is 6.83. The summed E-state index contributed by atoms with van der Waals surface area (Å²) in [5.41, 5.74) is 5.06. The van der Waals surface area contributed by atoms with Crippen LogP contribution in [0.1, 0.15) is 6.42 Å². The third kappa shape index (κ3) is 4.38. The van der Waals surface area contributed by atoms with Gasteiger partial charge in [-0.25, -0.2) is 12.7 Å². The quantitative estimate of drug-likeness (QED) is 0.451. The van der Waals surface area contributed by atoms with Gasteiger partial charge in [0.05, 0.1) is 9.82 Å². The van der Waals surface area contributed by atoms with Gasteiger partial charge in [-0.1, -0.05) is 0 Å². The van der Waals surface area contributed by atoms with Gasteiger partial charge in [0.1, 0.15) is 5.69 Å². The van der Waals surface area contributed by atoms with Gasteiger partial charge in [-0.3, -0.25) is 10.1 Å². The minimum Gasteiger partial charge on any atom is -0.393 e. The predicted octanol–water partition coefficient (Wildman–Crippen LogP) is 0.749. The Kier molecular flexibility index (Phi) is 5.64. The Hall–Kier alpha value is -1.71. The van der Waals surface area contributed by atoms with Crippen molar-refractivity contribution in [2.45, 2.75) is 11.3 Å². The zero-order valence-electron chi connectivity index (χ0n) is 12.3. The number of nitrogen functional groups attached to an aromatic ring is 1. The molecule has 1 aromatic rings. The second-order valence-corrected chi connectivity index (χ2v) is 7.01. The monoisotopic (exact) mass is 316 g/mol. The van der Waals surface area contributed by atoms with Gasteiger partial charge >= 0.3 is 0 Å². The predicted molar refractivity (Wildman–Crippen MR) is 80.5 cm³/mol. The molecule has 0 aliphatic rings. The van der Waals surface area contributed by atoms with Gasteiger partial charge in [-0.05, 0) is 39.2 Å². The van der Waals surface area contributed by atoms with E-state index in [2.05, 4.69) is 0 Å². The van der Waals surface area contributed by atoms with Crippen LogP contribution >= 0.6 is 0 Å². The summed E-state index contributed by atoms with van der Waals surface area (Å²) in [6.07, 6.45) is 0.686. The van der Waals surface area contributed by atoms with Crippen molar-refractivity contribution in [1.82, 2.24) is 9.21 Å². The molecular weight excluding hydrogens is 296 g/mol. The molecule has 21 heavy (non-hydrogen) atoms. The number of hydrogen-bond acceptors (Lipinski definition) is 6. The summed E-state index contributed by atoms with van der Waals surface area (Å²) in [7, 11) is 1.60. The van der Waals surface area contributed by atoms with Crippen LogP contribution in [0.15, 0.2) is 23.1 Å². The maximum Gasteiger partial charge on any atom is 0.292 e. The molecule has 0 heterocycles. The highest BCUT2D eigenvalue weighted by Crippen LogP contribution is 2.25. The van der Waals surface area contributed by atoms with Crippen LogP contribution in [0.25, 0.3) is 0 Å². The summed E-state index contributed by atoms with van der Waals surface area (Å²) in [5.74, 6) is 0. The number of nitrogens with two attached hydrogens (primary N) is 1. The van der Waals surface area contributed by atoms with Crippen LogP contribution in [0.2, 0.25) is 0 Å². The summed E-state index contributed by atoms with van der Waals surface area (Å²) >= 11 is 0. The molecule has 0 saturated heterocycles. The molecule has 0 aliphatic carbocycles. The van der Waals surface area contributed by atoms with Crippen LogP contribution in [0, 0.1) is 10.1 Å². The van der Waals surface area contributed by atoms with Crippen LogP contribution in [0.3, 0.4) is 0 Å². The zero-order chi connectivity index (χ0) is 16.2. The van der Waals surface area contributed by atoms with Crippen molar-refractivity contribution in [1.29, 1.82) is 0 Å². The Labute approximate surface area is 124 Å². The lowest BCUT2D eigenvalue weighted by Gasteiger charge is -2.18. The molecule has 0 fully saturated rings. The Morgan fingerprint density at radius 3 is 2.33 bits per heavy atom. The minimum absolute atomic E-state index is 0.0436. The molecular formula is C12H20N4O4S. The Morgan fingerprint density at radius 1 is 1.24 bits per heavy atom. The number of benzene rings is 1. The lowest BCUT2D eigenvalue weighted by atomic mass is 10.3. The maximum absolute atomic E-state index is 12.3. The summed E-state index contributed by atoms with van der Waals surface area (Å²) in [5, 5.41) is 10.7. The normalized spacial score (nSPS) is 12.0. The van der Waals surface area contributed by atoms with Crippen LogP contribution in [0.5, 0.6) is 0 Å². The van der Waals surface area contributed by atoms with E-state index in [-0.39, 0.29) is 16.3 Å². The van der Waals surface area contributed by atoms with Crippen molar-refractivity contribution in [2.75, 3.05) is 40.0 Å². The molecule has 0 unspecified atom stereocenters. The molecule has 8 nitrogen and oxygen atoms in total. The smallest absolute Gasteiger partial charge is 0.292 e. The van der Waals surface area contributed by atoms with Crippen molar-refractivity contribution in [3.05, 3.63) is 28.3 Å². The fourth-order valence-corrected chi connectivity index (χ4v) is 3.01. The second-order valence-electron chi connectivity index (χ2n) is 4.96. The van der Waals surface area contributed by atoms with Gasteiger partial charge in [-0.15, -0.1) is 0 Å². The number of rotatable bonds is 7. The fraction of sp³-hybridized carbons (Fsp3) is 0.500. The fourth-order valence-electron chi connectivity index (χ4n) is 1.77. The van der Waals surface area contributed by atoms with Crippen LogP contribution < -0.4 is 5.73 Å². The van der Waals surface area contributed by atoms with Gasteiger partial charge in [0.2, 0.25) is 10.0 Å². The van der Waals surface area contributed by atoms with Gasteiger partial charge in [-0.2, -0.15) is 0 Å². The summed E-state index contributed by atoms with van der Waals surface area (Å²) in [6.45, 7) is 1.12. The molecule has 0 bridgehead atoms. The van der Waals surface area contributed by atoms with Crippen molar-refractivity contribution in [3.8, 4) is 0 Å². The third-order valence-electron chi connectivity index (χ3n) is 2.98. The van der Waals surface area contributed by atoms with Crippen molar-refractivity contribution < 1.29 is 13.3 Å². The van der Waals surface area contributed by atoms with E-state index in [1.807, 2.05) is 19.0 Å². The minimum atomic E-state index is -3.69. The molecule has 0 aromatic heterocycles. The van der Waals surface area contributed by atoms with Crippen LogP contribution in [0.4, 0.5) is 11.4 Å². The highest BCUT2D eigenvalue weighted by molar-refractivity contribution is 7.89. The summed E-state index contributed by atoms with van der Waals surface area (Å²) < 4.78 is 25.9.